The first-order valence-electron chi connectivity index (χ1n) is 6.39. The molecule has 0 aliphatic carbocycles. The maximum atomic E-state index is 11.8. The first kappa shape index (κ1) is 13.8. The predicted molar refractivity (Wildman–Crippen MR) is 69.5 cm³/mol. The zero-order chi connectivity index (χ0) is 13.8. The Morgan fingerprint density at radius 3 is 2.89 bits per heavy atom. The quantitative estimate of drug-likeness (QED) is 0.776. The number of carbonyl (C=O) groups is 2. The van der Waals surface area contributed by atoms with Crippen molar-refractivity contribution in [2.45, 2.75) is 6.42 Å². The lowest BCUT2D eigenvalue weighted by Crippen LogP contribution is -2.39. The van der Waals surface area contributed by atoms with Gasteiger partial charge in [-0.05, 0) is 31.0 Å². The largest absolute Gasteiger partial charge is 0.396 e. The summed E-state index contributed by atoms with van der Waals surface area (Å²) in [5, 5.41) is 11.4. The van der Waals surface area contributed by atoms with Crippen LogP contribution in [0.2, 0.25) is 0 Å². The van der Waals surface area contributed by atoms with Gasteiger partial charge in [-0.25, -0.2) is 0 Å². The normalized spacial score (nSPS) is 19.6. The molecule has 1 aliphatic rings. The van der Waals surface area contributed by atoms with Crippen molar-refractivity contribution >= 4 is 11.8 Å². The van der Waals surface area contributed by atoms with Gasteiger partial charge in [0, 0.05) is 26.4 Å². The van der Waals surface area contributed by atoms with Crippen LogP contribution in [0.15, 0.2) is 18.3 Å². The maximum Gasteiger partial charge on any atom is 0.274 e. The number of likely N-dealkylation sites (tertiary alicyclic amines) is 1. The Labute approximate surface area is 112 Å². The van der Waals surface area contributed by atoms with E-state index in [1.165, 1.54) is 0 Å². The number of aliphatic hydroxyl groups is 1. The zero-order valence-electron chi connectivity index (χ0n) is 11.0. The molecule has 1 aromatic heterocycles. The molecule has 0 aromatic carbocycles. The number of amides is 2. The van der Waals surface area contributed by atoms with Crippen LogP contribution in [0, 0.1) is 5.92 Å². The third-order valence-electron chi connectivity index (χ3n) is 3.42. The topological polar surface area (TPSA) is 74.6 Å². The van der Waals surface area contributed by atoms with Gasteiger partial charge in [0.15, 0.2) is 0 Å². The fourth-order valence-electron chi connectivity index (χ4n) is 2.34. The average molecular weight is 265 g/mol. The fraction of sp³-hybridized carbons (Fsp3) is 0.538. The molecule has 6 nitrogen and oxygen atoms in total. The number of imide groups is 1. The number of nitrogens with one attached hydrogen (secondary N) is 1. The highest BCUT2D eigenvalue weighted by atomic mass is 16.3. The van der Waals surface area contributed by atoms with Crippen molar-refractivity contribution < 1.29 is 14.7 Å². The second-order valence-corrected chi connectivity index (χ2v) is 4.95. The van der Waals surface area contributed by atoms with E-state index < -0.39 is 0 Å². The Hall–Kier alpha value is -1.66. The van der Waals surface area contributed by atoms with Gasteiger partial charge in [0.1, 0.15) is 5.69 Å². The SMILES string of the molecule is Cn1cccc1C(=O)NC(=O)CN1CCC(CO)C1. The van der Waals surface area contributed by atoms with Crippen LogP contribution in [0.1, 0.15) is 16.9 Å². The molecule has 1 saturated heterocycles. The van der Waals surface area contributed by atoms with Gasteiger partial charge in [-0.2, -0.15) is 0 Å². The van der Waals surface area contributed by atoms with Gasteiger partial charge in [-0.15, -0.1) is 0 Å². The second kappa shape index (κ2) is 5.99. The molecule has 2 amide bonds. The molecular weight excluding hydrogens is 246 g/mol. The minimum absolute atomic E-state index is 0.153. The van der Waals surface area contributed by atoms with Crippen LogP contribution >= 0.6 is 0 Å². The van der Waals surface area contributed by atoms with Crippen molar-refractivity contribution in [3.63, 3.8) is 0 Å². The summed E-state index contributed by atoms with van der Waals surface area (Å²) in [4.78, 5) is 25.5. The van der Waals surface area contributed by atoms with Crippen LogP contribution in [0.5, 0.6) is 0 Å². The molecule has 6 heteroatoms. The second-order valence-electron chi connectivity index (χ2n) is 4.95. The summed E-state index contributed by atoms with van der Waals surface area (Å²) in [6.07, 6.45) is 2.65. The Balaban J connectivity index is 1.82. The lowest BCUT2D eigenvalue weighted by atomic mass is 10.1. The average Bonchev–Trinajstić information content (AvgIpc) is 2.97. The first-order valence-corrected chi connectivity index (χ1v) is 6.39. The third kappa shape index (κ3) is 3.42. The molecule has 1 aliphatic heterocycles. The predicted octanol–water partition coefficient (Wildman–Crippen LogP) is -0.404. The molecular formula is C13H19N3O3. The van der Waals surface area contributed by atoms with E-state index in [1.807, 2.05) is 4.90 Å². The minimum atomic E-state index is -0.379. The van der Waals surface area contributed by atoms with Crippen LogP contribution in [0.3, 0.4) is 0 Å². The van der Waals surface area contributed by atoms with Crippen LogP contribution < -0.4 is 5.32 Å². The number of hydrogen-bond donors (Lipinski definition) is 2. The van der Waals surface area contributed by atoms with Crippen LogP contribution in [0.4, 0.5) is 0 Å². The summed E-state index contributed by atoms with van der Waals surface area (Å²) in [5.74, 6) is -0.434. The van der Waals surface area contributed by atoms with Crippen LogP contribution in [-0.2, 0) is 11.8 Å². The Morgan fingerprint density at radius 1 is 1.53 bits per heavy atom. The van der Waals surface area contributed by atoms with E-state index in [9.17, 15) is 9.59 Å². The van der Waals surface area contributed by atoms with Gasteiger partial charge >= 0.3 is 0 Å². The molecule has 1 atom stereocenters. The van der Waals surface area contributed by atoms with Gasteiger partial charge in [0.25, 0.3) is 5.91 Å². The smallest absolute Gasteiger partial charge is 0.274 e. The number of aryl methyl sites for hydroxylation is 1. The lowest BCUT2D eigenvalue weighted by Gasteiger charge is -2.14. The van der Waals surface area contributed by atoms with E-state index in [2.05, 4.69) is 5.32 Å². The van der Waals surface area contributed by atoms with Crippen LogP contribution in [-0.4, -0.2) is 52.6 Å². The van der Waals surface area contributed by atoms with Gasteiger partial charge in [0.2, 0.25) is 5.91 Å². The molecule has 2 N–H and O–H groups in total. The minimum Gasteiger partial charge on any atom is -0.396 e. The van der Waals surface area contributed by atoms with Crippen molar-refractivity contribution in [2.75, 3.05) is 26.2 Å². The molecule has 104 valence electrons. The Morgan fingerprint density at radius 2 is 2.32 bits per heavy atom. The molecule has 0 spiro atoms. The molecule has 0 radical (unpaired) electrons. The number of aromatic nitrogens is 1. The van der Waals surface area contributed by atoms with Gasteiger partial charge in [0.05, 0.1) is 6.54 Å². The van der Waals surface area contributed by atoms with E-state index in [1.54, 1.807) is 29.9 Å². The molecule has 1 fully saturated rings. The summed E-state index contributed by atoms with van der Waals surface area (Å²) in [6, 6.07) is 3.42. The fourth-order valence-corrected chi connectivity index (χ4v) is 2.34. The lowest BCUT2D eigenvalue weighted by molar-refractivity contribution is -0.121. The molecule has 2 rings (SSSR count). The van der Waals surface area contributed by atoms with E-state index in [-0.39, 0.29) is 30.9 Å². The number of hydrogen-bond acceptors (Lipinski definition) is 4. The van der Waals surface area contributed by atoms with E-state index in [4.69, 9.17) is 5.11 Å². The van der Waals surface area contributed by atoms with Crippen LogP contribution in [0.25, 0.3) is 0 Å². The highest BCUT2D eigenvalue weighted by Gasteiger charge is 2.24. The van der Waals surface area contributed by atoms with Crippen molar-refractivity contribution in [3.05, 3.63) is 24.0 Å². The van der Waals surface area contributed by atoms with Crippen molar-refractivity contribution in [2.24, 2.45) is 13.0 Å². The highest BCUT2D eigenvalue weighted by molar-refractivity contribution is 6.04. The van der Waals surface area contributed by atoms with Gasteiger partial charge in [-0.3, -0.25) is 19.8 Å². The number of rotatable bonds is 4. The van der Waals surface area contributed by atoms with Crippen molar-refractivity contribution in [1.82, 2.24) is 14.8 Å². The summed E-state index contributed by atoms with van der Waals surface area (Å²) in [7, 11) is 1.76. The molecule has 2 heterocycles. The van der Waals surface area contributed by atoms with Crippen molar-refractivity contribution in [1.29, 1.82) is 0 Å². The maximum absolute atomic E-state index is 11.8. The van der Waals surface area contributed by atoms with Gasteiger partial charge in [-0.1, -0.05) is 0 Å². The summed E-state index contributed by atoms with van der Waals surface area (Å²) >= 11 is 0. The summed E-state index contributed by atoms with van der Waals surface area (Å²) < 4.78 is 1.67. The Bertz CT molecular complexity index is 469. The monoisotopic (exact) mass is 265 g/mol. The van der Waals surface area contributed by atoms with Gasteiger partial charge < -0.3 is 9.67 Å². The third-order valence-corrected chi connectivity index (χ3v) is 3.42. The first-order chi connectivity index (χ1) is 9.10. The van der Waals surface area contributed by atoms with E-state index in [0.29, 0.717) is 12.2 Å². The number of carbonyl (C=O) groups excluding carboxylic acids is 2. The van der Waals surface area contributed by atoms with E-state index in [0.717, 1.165) is 13.0 Å². The molecule has 1 aromatic rings. The standard InChI is InChI=1S/C13H19N3O3/c1-15-5-2-3-11(15)13(19)14-12(18)8-16-6-4-10(7-16)9-17/h2-3,5,10,17H,4,6-9H2,1H3,(H,14,18,19). The highest BCUT2D eigenvalue weighted by Crippen LogP contribution is 2.14. The number of nitrogens with zero attached hydrogens (tertiary/aromatic N) is 2. The zero-order valence-corrected chi connectivity index (χ0v) is 11.0. The molecule has 0 saturated carbocycles. The Kier molecular flexibility index (Phi) is 4.34. The summed E-state index contributed by atoms with van der Waals surface area (Å²) in [6.45, 7) is 1.85. The molecule has 19 heavy (non-hydrogen) atoms. The molecule has 0 bridgehead atoms. The van der Waals surface area contributed by atoms with E-state index >= 15 is 0 Å². The molecule has 1 unspecified atom stereocenters. The number of aliphatic hydroxyl groups excluding tert-OH is 1. The van der Waals surface area contributed by atoms with Crippen molar-refractivity contribution in [3.8, 4) is 0 Å². The summed E-state index contributed by atoms with van der Waals surface area (Å²) in [5.41, 5.74) is 0.461.